The minimum atomic E-state index is -4.23. The Labute approximate surface area is 136 Å². The Morgan fingerprint density at radius 1 is 1.38 bits per heavy atom. The van der Waals surface area contributed by atoms with Crippen molar-refractivity contribution in [2.45, 2.75) is 39.3 Å². The van der Waals surface area contributed by atoms with Gasteiger partial charge < -0.3 is 4.90 Å². The number of fused-ring (bicyclic) bond motifs is 1. The first kappa shape index (κ1) is 16.7. The average molecular weight is 341 g/mol. The maximum Gasteiger partial charge on any atom is 0.393 e. The van der Waals surface area contributed by atoms with Crippen molar-refractivity contribution in [3.63, 3.8) is 0 Å². The van der Waals surface area contributed by atoms with Crippen LogP contribution in [0.1, 0.15) is 29.8 Å². The zero-order chi connectivity index (χ0) is 17.5. The highest BCUT2D eigenvalue weighted by Gasteiger charge is 2.44. The fourth-order valence-electron chi connectivity index (χ4n) is 3.16. The Balaban J connectivity index is 1.67. The van der Waals surface area contributed by atoms with E-state index in [1.165, 1.54) is 11.2 Å². The predicted molar refractivity (Wildman–Crippen MR) is 79.3 cm³/mol. The van der Waals surface area contributed by atoms with Gasteiger partial charge in [-0.25, -0.2) is 9.50 Å². The largest absolute Gasteiger partial charge is 0.393 e. The first-order valence-corrected chi connectivity index (χ1v) is 7.77. The molecule has 9 heteroatoms. The van der Waals surface area contributed by atoms with Crippen molar-refractivity contribution in [3.8, 4) is 0 Å². The van der Waals surface area contributed by atoms with Crippen LogP contribution in [-0.4, -0.2) is 49.7 Å². The molecule has 2 aromatic heterocycles. The van der Waals surface area contributed by atoms with Crippen molar-refractivity contribution in [1.82, 2.24) is 24.5 Å². The molecule has 130 valence electrons. The lowest BCUT2D eigenvalue weighted by molar-refractivity contribution is -0.171. The maximum absolute atomic E-state index is 12.7. The van der Waals surface area contributed by atoms with E-state index >= 15 is 0 Å². The van der Waals surface area contributed by atoms with E-state index in [9.17, 15) is 18.0 Å². The SMILES string of the molecule is Cc1nc2ncnn2c(C)c1CCC(=O)N1CCC(C(F)(F)F)C1. The van der Waals surface area contributed by atoms with Crippen LogP contribution in [0, 0.1) is 19.8 Å². The molecule has 1 aliphatic rings. The lowest BCUT2D eigenvalue weighted by Crippen LogP contribution is -2.32. The van der Waals surface area contributed by atoms with E-state index in [1.807, 2.05) is 13.8 Å². The highest BCUT2D eigenvalue weighted by atomic mass is 19.4. The normalized spacial score (nSPS) is 18.5. The third-order valence-electron chi connectivity index (χ3n) is 4.58. The minimum Gasteiger partial charge on any atom is -0.342 e. The van der Waals surface area contributed by atoms with Gasteiger partial charge in [-0.2, -0.15) is 23.3 Å². The van der Waals surface area contributed by atoms with Crippen LogP contribution in [0.3, 0.4) is 0 Å². The van der Waals surface area contributed by atoms with Crippen molar-refractivity contribution < 1.29 is 18.0 Å². The summed E-state index contributed by atoms with van der Waals surface area (Å²) in [6.07, 6.45) is -2.25. The Hall–Kier alpha value is -2.19. The lowest BCUT2D eigenvalue weighted by Gasteiger charge is -2.18. The summed E-state index contributed by atoms with van der Waals surface area (Å²) in [6.45, 7) is 3.63. The summed E-state index contributed by atoms with van der Waals surface area (Å²) in [5.74, 6) is -1.16. The molecular weight excluding hydrogens is 323 g/mol. The van der Waals surface area contributed by atoms with Crippen LogP contribution in [0.2, 0.25) is 0 Å². The van der Waals surface area contributed by atoms with Crippen molar-refractivity contribution in [3.05, 3.63) is 23.3 Å². The molecule has 2 aromatic rings. The van der Waals surface area contributed by atoms with Crippen molar-refractivity contribution >= 4 is 11.7 Å². The molecule has 0 radical (unpaired) electrons. The number of likely N-dealkylation sites (tertiary alicyclic amines) is 1. The molecule has 0 aromatic carbocycles. The van der Waals surface area contributed by atoms with Gasteiger partial charge in [-0.3, -0.25) is 4.79 Å². The number of aromatic nitrogens is 4. The van der Waals surface area contributed by atoms with Gasteiger partial charge in [-0.05, 0) is 32.3 Å². The number of rotatable bonds is 3. The average Bonchev–Trinajstić information content (AvgIpc) is 3.14. The Morgan fingerprint density at radius 3 is 2.79 bits per heavy atom. The van der Waals surface area contributed by atoms with Gasteiger partial charge in [-0.1, -0.05) is 0 Å². The summed E-state index contributed by atoms with van der Waals surface area (Å²) < 4.78 is 39.7. The first-order chi connectivity index (χ1) is 11.3. The van der Waals surface area contributed by atoms with Crippen LogP contribution in [-0.2, 0) is 11.2 Å². The third kappa shape index (κ3) is 3.07. The quantitative estimate of drug-likeness (QED) is 0.857. The Morgan fingerprint density at radius 2 is 2.12 bits per heavy atom. The van der Waals surface area contributed by atoms with Crippen LogP contribution in [0.25, 0.3) is 5.78 Å². The van der Waals surface area contributed by atoms with Gasteiger partial charge >= 0.3 is 6.18 Å². The summed E-state index contributed by atoms with van der Waals surface area (Å²) in [7, 11) is 0. The summed E-state index contributed by atoms with van der Waals surface area (Å²) in [5, 5.41) is 4.08. The molecule has 0 spiro atoms. The zero-order valence-electron chi connectivity index (χ0n) is 13.5. The molecule has 0 saturated carbocycles. The predicted octanol–water partition coefficient (Wildman–Crippen LogP) is 2.08. The number of hydrogen-bond acceptors (Lipinski definition) is 4. The van der Waals surface area contributed by atoms with E-state index in [-0.39, 0.29) is 31.8 Å². The van der Waals surface area contributed by atoms with Gasteiger partial charge in [0, 0.05) is 30.9 Å². The smallest absolute Gasteiger partial charge is 0.342 e. The molecule has 6 nitrogen and oxygen atoms in total. The van der Waals surface area contributed by atoms with Crippen molar-refractivity contribution in [2.24, 2.45) is 5.92 Å². The lowest BCUT2D eigenvalue weighted by atomic mass is 10.1. The molecule has 1 fully saturated rings. The minimum absolute atomic E-state index is 0.0141. The second-order valence-corrected chi connectivity index (χ2v) is 6.10. The molecule has 1 unspecified atom stereocenters. The van der Waals surface area contributed by atoms with Gasteiger partial charge in [0.1, 0.15) is 6.33 Å². The van der Waals surface area contributed by atoms with E-state index < -0.39 is 12.1 Å². The van der Waals surface area contributed by atoms with Crippen LogP contribution in [0.15, 0.2) is 6.33 Å². The Kier molecular flexibility index (Phi) is 4.18. The number of amides is 1. The van der Waals surface area contributed by atoms with E-state index in [2.05, 4.69) is 15.1 Å². The molecule has 24 heavy (non-hydrogen) atoms. The fourth-order valence-corrected chi connectivity index (χ4v) is 3.16. The molecule has 1 atom stereocenters. The summed E-state index contributed by atoms with van der Waals surface area (Å²) in [6, 6.07) is 0. The molecule has 1 amide bonds. The fraction of sp³-hybridized carbons (Fsp3) is 0.600. The number of halogens is 3. The number of alkyl halides is 3. The first-order valence-electron chi connectivity index (χ1n) is 7.77. The van der Waals surface area contributed by atoms with Crippen molar-refractivity contribution in [2.75, 3.05) is 13.1 Å². The van der Waals surface area contributed by atoms with Crippen LogP contribution in [0.5, 0.6) is 0 Å². The standard InChI is InChI=1S/C15H18F3N5O/c1-9-12(10(2)23-14(21-9)19-8-20-23)3-4-13(24)22-6-5-11(7-22)15(16,17)18/h8,11H,3-7H2,1-2H3. The molecule has 1 saturated heterocycles. The second kappa shape index (κ2) is 6.03. The number of carbonyl (C=O) groups excluding carboxylic acids is 1. The third-order valence-corrected chi connectivity index (χ3v) is 4.58. The van der Waals surface area contributed by atoms with Gasteiger partial charge in [0.15, 0.2) is 0 Å². The van der Waals surface area contributed by atoms with E-state index in [0.717, 1.165) is 17.0 Å². The van der Waals surface area contributed by atoms with Gasteiger partial charge in [0.05, 0.1) is 5.92 Å². The molecular formula is C15H18F3N5O. The number of aryl methyl sites for hydroxylation is 2. The van der Waals surface area contributed by atoms with Gasteiger partial charge in [0.25, 0.3) is 5.78 Å². The molecule has 3 rings (SSSR count). The molecule has 0 N–H and O–H groups in total. The van der Waals surface area contributed by atoms with E-state index in [0.29, 0.717) is 12.2 Å². The van der Waals surface area contributed by atoms with Crippen LogP contribution < -0.4 is 0 Å². The molecule has 1 aliphatic heterocycles. The zero-order valence-corrected chi connectivity index (χ0v) is 13.5. The van der Waals surface area contributed by atoms with Gasteiger partial charge in [0.2, 0.25) is 5.91 Å². The Bertz CT molecular complexity index is 770. The van der Waals surface area contributed by atoms with Gasteiger partial charge in [-0.15, -0.1) is 0 Å². The number of carbonyl (C=O) groups is 1. The topological polar surface area (TPSA) is 63.4 Å². The highest BCUT2D eigenvalue weighted by Crippen LogP contribution is 2.33. The van der Waals surface area contributed by atoms with E-state index in [4.69, 9.17) is 0 Å². The molecule has 3 heterocycles. The van der Waals surface area contributed by atoms with Crippen LogP contribution >= 0.6 is 0 Å². The summed E-state index contributed by atoms with van der Waals surface area (Å²) in [4.78, 5) is 21.9. The van der Waals surface area contributed by atoms with E-state index in [1.54, 1.807) is 4.52 Å². The van der Waals surface area contributed by atoms with Crippen molar-refractivity contribution in [1.29, 1.82) is 0 Å². The number of hydrogen-bond donors (Lipinski definition) is 0. The molecule has 0 aliphatic carbocycles. The molecule has 0 bridgehead atoms. The second-order valence-electron chi connectivity index (χ2n) is 6.10. The maximum atomic E-state index is 12.7. The highest BCUT2D eigenvalue weighted by molar-refractivity contribution is 5.76. The summed E-state index contributed by atoms with van der Waals surface area (Å²) >= 11 is 0. The summed E-state index contributed by atoms with van der Waals surface area (Å²) in [5.41, 5.74) is 2.49. The monoisotopic (exact) mass is 341 g/mol. The van der Waals surface area contributed by atoms with Crippen LogP contribution in [0.4, 0.5) is 13.2 Å². The number of nitrogens with zero attached hydrogens (tertiary/aromatic N) is 5.